The number of nitrogens with zero attached hydrogens (tertiary/aromatic N) is 2. The molecular formula is C7H2F3IN2O4. The first kappa shape index (κ1) is 13.6. The van der Waals surface area contributed by atoms with Crippen molar-refractivity contribution in [2.24, 2.45) is 0 Å². The van der Waals surface area contributed by atoms with Gasteiger partial charge in [-0.3, -0.25) is 14.9 Å². The van der Waals surface area contributed by atoms with Crippen molar-refractivity contribution in [3.8, 4) is 5.88 Å². The Labute approximate surface area is 105 Å². The monoisotopic (exact) mass is 362 g/mol. The van der Waals surface area contributed by atoms with Crippen LogP contribution in [-0.4, -0.2) is 22.6 Å². The zero-order valence-electron chi connectivity index (χ0n) is 7.69. The van der Waals surface area contributed by atoms with Gasteiger partial charge in [0.25, 0.3) is 5.69 Å². The third-order valence-corrected chi connectivity index (χ3v) is 2.57. The van der Waals surface area contributed by atoms with E-state index in [0.29, 0.717) is 6.07 Å². The quantitative estimate of drug-likeness (QED) is 0.357. The molecule has 0 fully saturated rings. The number of pyridine rings is 1. The summed E-state index contributed by atoms with van der Waals surface area (Å²) in [5.41, 5.74) is -1.17. The molecule has 0 saturated carbocycles. The molecule has 0 bridgehead atoms. The molecule has 10 heteroatoms. The van der Waals surface area contributed by atoms with Gasteiger partial charge in [0.1, 0.15) is 9.26 Å². The Morgan fingerprint density at radius 3 is 2.53 bits per heavy atom. The Balaban J connectivity index is 3.30. The van der Waals surface area contributed by atoms with Crippen molar-refractivity contribution in [1.29, 1.82) is 0 Å². The molecule has 1 aromatic heterocycles. The molecule has 0 radical (unpaired) electrons. The molecule has 0 aliphatic carbocycles. The summed E-state index contributed by atoms with van der Waals surface area (Å²) < 4.78 is 38.9. The van der Waals surface area contributed by atoms with Crippen molar-refractivity contribution in [2.45, 2.75) is 6.36 Å². The molecule has 0 spiro atoms. The Kier molecular flexibility index (Phi) is 3.85. The van der Waals surface area contributed by atoms with Crippen LogP contribution in [0.25, 0.3) is 0 Å². The lowest BCUT2D eigenvalue weighted by molar-refractivity contribution is -0.386. The highest BCUT2D eigenvalue weighted by Gasteiger charge is 2.33. The fraction of sp³-hybridized carbons (Fsp3) is 0.143. The number of aromatic nitrogens is 1. The number of nitro groups is 1. The number of aldehydes is 1. The zero-order valence-corrected chi connectivity index (χ0v) is 9.85. The molecule has 1 aromatic rings. The van der Waals surface area contributed by atoms with Crippen molar-refractivity contribution in [3.63, 3.8) is 0 Å². The van der Waals surface area contributed by atoms with Gasteiger partial charge in [-0.2, -0.15) is 0 Å². The molecule has 0 aliphatic rings. The first-order valence-electron chi connectivity index (χ1n) is 3.80. The third kappa shape index (κ3) is 3.51. The standard InChI is InChI=1S/C7H2F3IN2O4/c8-7(9,10)17-5-1-4(13(15)16)6(11)3(2-14)12-5/h1-2H. The largest absolute Gasteiger partial charge is 0.574 e. The minimum absolute atomic E-state index is 0.109. The fourth-order valence-electron chi connectivity index (χ4n) is 0.893. The second kappa shape index (κ2) is 4.81. The van der Waals surface area contributed by atoms with Gasteiger partial charge in [-0.05, 0) is 22.6 Å². The molecule has 92 valence electrons. The molecule has 0 saturated heterocycles. The maximum atomic E-state index is 11.9. The van der Waals surface area contributed by atoms with Gasteiger partial charge in [0.05, 0.1) is 11.0 Å². The second-order valence-electron chi connectivity index (χ2n) is 2.60. The summed E-state index contributed by atoms with van der Waals surface area (Å²) in [4.78, 5) is 23.3. The van der Waals surface area contributed by atoms with Crippen LogP contribution in [0.15, 0.2) is 6.07 Å². The van der Waals surface area contributed by atoms with E-state index in [9.17, 15) is 28.1 Å². The number of hydrogen-bond donors (Lipinski definition) is 0. The third-order valence-electron chi connectivity index (χ3n) is 1.47. The van der Waals surface area contributed by atoms with Crippen molar-refractivity contribution in [1.82, 2.24) is 4.98 Å². The number of hydrogen-bond acceptors (Lipinski definition) is 5. The maximum absolute atomic E-state index is 11.9. The summed E-state index contributed by atoms with van der Waals surface area (Å²) in [6.07, 6.45) is -4.92. The number of alkyl halides is 3. The van der Waals surface area contributed by atoms with Crippen LogP contribution >= 0.6 is 22.6 Å². The highest BCUT2D eigenvalue weighted by Crippen LogP contribution is 2.29. The first-order chi connectivity index (χ1) is 7.74. The molecule has 0 amide bonds. The smallest absolute Gasteiger partial charge is 0.388 e. The molecule has 0 aromatic carbocycles. The molecule has 17 heavy (non-hydrogen) atoms. The Bertz CT molecular complexity index is 477. The fourth-order valence-corrected chi connectivity index (χ4v) is 1.49. The summed E-state index contributed by atoms with van der Waals surface area (Å²) in [5.74, 6) is -1.05. The van der Waals surface area contributed by atoms with Gasteiger partial charge < -0.3 is 4.74 Å². The van der Waals surface area contributed by atoms with Crippen molar-refractivity contribution < 1.29 is 27.6 Å². The highest BCUT2D eigenvalue weighted by atomic mass is 127. The molecule has 0 aliphatic heterocycles. The maximum Gasteiger partial charge on any atom is 0.574 e. The van der Waals surface area contributed by atoms with Crippen molar-refractivity contribution in [3.05, 3.63) is 25.4 Å². The van der Waals surface area contributed by atoms with Crippen LogP contribution in [0.2, 0.25) is 0 Å². The first-order valence-corrected chi connectivity index (χ1v) is 4.88. The average molecular weight is 362 g/mol. The lowest BCUT2D eigenvalue weighted by atomic mass is 10.3. The molecule has 0 unspecified atom stereocenters. The van der Waals surface area contributed by atoms with E-state index in [1.807, 2.05) is 0 Å². The summed E-state index contributed by atoms with van der Waals surface area (Å²) in [5, 5.41) is 10.5. The van der Waals surface area contributed by atoms with Gasteiger partial charge in [-0.15, -0.1) is 13.2 Å². The minimum atomic E-state index is -5.03. The Morgan fingerprint density at radius 1 is 1.53 bits per heavy atom. The lowest BCUT2D eigenvalue weighted by Crippen LogP contribution is -2.18. The van der Waals surface area contributed by atoms with E-state index >= 15 is 0 Å². The van der Waals surface area contributed by atoms with Gasteiger partial charge >= 0.3 is 6.36 Å². The molecule has 1 heterocycles. The topological polar surface area (TPSA) is 82.3 Å². The molecule has 1 rings (SSSR count). The Morgan fingerprint density at radius 2 is 2.12 bits per heavy atom. The SMILES string of the molecule is O=Cc1nc(OC(F)(F)F)cc([N+](=O)[O-])c1I. The van der Waals surface area contributed by atoms with E-state index in [-0.39, 0.29) is 9.86 Å². The molecule has 0 N–H and O–H groups in total. The molecular weight excluding hydrogens is 360 g/mol. The van der Waals surface area contributed by atoms with Crippen molar-refractivity contribution in [2.75, 3.05) is 0 Å². The van der Waals surface area contributed by atoms with E-state index in [0.717, 1.165) is 0 Å². The summed E-state index contributed by atoms with van der Waals surface area (Å²) in [6.45, 7) is 0. The predicted octanol–water partition coefficient (Wildman–Crippen LogP) is 2.31. The van der Waals surface area contributed by atoms with E-state index in [1.165, 1.54) is 22.6 Å². The summed E-state index contributed by atoms with van der Waals surface area (Å²) in [7, 11) is 0. The van der Waals surface area contributed by atoms with Crippen LogP contribution in [0, 0.1) is 13.7 Å². The van der Waals surface area contributed by atoms with E-state index in [1.54, 1.807) is 0 Å². The number of ether oxygens (including phenoxy) is 1. The average Bonchev–Trinajstić information content (AvgIpc) is 2.17. The number of halogens is 4. The van der Waals surface area contributed by atoms with Crippen LogP contribution < -0.4 is 4.74 Å². The van der Waals surface area contributed by atoms with Crippen LogP contribution in [0.4, 0.5) is 18.9 Å². The van der Waals surface area contributed by atoms with E-state index in [4.69, 9.17) is 0 Å². The number of rotatable bonds is 3. The normalized spacial score (nSPS) is 11.1. The minimum Gasteiger partial charge on any atom is -0.388 e. The van der Waals surface area contributed by atoms with Crippen LogP contribution in [0.3, 0.4) is 0 Å². The Hall–Kier alpha value is -1.46. The molecule has 6 nitrogen and oxygen atoms in total. The highest BCUT2D eigenvalue weighted by molar-refractivity contribution is 14.1. The van der Waals surface area contributed by atoms with Gasteiger partial charge in [-0.25, -0.2) is 4.98 Å². The van der Waals surface area contributed by atoms with Crippen LogP contribution in [-0.2, 0) is 0 Å². The number of carbonyl (C=O) groups excluding carboxylic acids is 1. The van der Waals surface area contributed by atoms with Crippen molar-refractivity contribution >= 4 is 34.6 Å². The summed E-state index contributed by atoms with van der Waals surface area (Å²) in [6, 6.07) is 0.502. The van der Waals surface area contributed by atoms with Gasteiger partial charge in [0.15, 0.2) is 6.29 Å². The van der Waals surface area contributed by atoms with E-state index in [2.05, 4.69) is 9.72 Å². The van der Waals surface area contributed by atoms with E-state index < -0.39 is 28.5 Å². The second-order valence-corrected chi connectivity index (χ2v) is 3.68. The van der Waals surface area contributed by atoms with Gasteiger partial charge in [-0.1, -0.05) is 0 Å². The lowest BCUT2D eigenvalue weighted by Gasteiger charge is -2.08. The molecule has 0 atom stereocenters. The zero-order chi connectivity index (χ0) is 13.2. The number of carbonyl (C=O) groups is 1. The van der Waals surface area contributed by atoms with Crippen LogP contribution in [0.1, 0.15) is 10.5 Å². The van der Waals surface area contributed by atoms with Crippen LogP contribution in [0.5, 0.6) is 5.88 Å². The van der Waals surface area contributed by atoms with Gasteiger partial charge in [0, 0.05) is 0 Å². The van der Waals surface area contributed by atoms with Gasteiger partial charge in [0.2, 0.25) is 5.88 Å². The predicted molar refractivity (Wildman–Crippen MR) is 55.7 cm³/mol. The summed E-state index contributed by atoms with van der Waals surface area (Å²) >= 11 is 1.44.